The third kappa shape index (κ3) is 5.00. The van der Waals surface area contributed by atoms with Crippen molar-refractivity contribution in [3.63, 3.8) is 0 Å². The van der Waals surface area contributed by atoms with Gasteiger partial charge in [-0.3, -0.25) is 4.79 Å². The number of benzene rings is 1. The van der Waals surface area contributed by atoms with Crippen molar-refractivity contribution in [2.24, 2.45) is 11.8 Å². The average Bonchev–Trinajstić information content (AvgIpc) is 3.16. The van der Waals surface area contributed by atoms with E-state index in [1.165, 1.54) is 6.42 Å². The molecular formula is C24H31N5O3. The minimum atomic E-state index is -0.0490. The number of piperidine rings is 1. The van der Waals surface area contributed by atoms with Crippen LogP contribution in [0.4, 0.5) is 5.82 Å². The summed E-state index contributed by atoms with van der Waals surface area (Å²) >= 11 is 0. The van der Waals surface area contributed by atoms with E-state index in [-0.39, 0.29) is 5.91 Å². The summed E-state index contributed by atoms with van der Waals surface area (Å²) in [6, 6.07) is 7.66. The summed E-state index contributed by atoms with van der Waals surface area (Å²) < 4.78 is 10.7. The lowest BCUT2D eigenvalue weighted by atomic mass is 9.92. The van der Waals surface area contributed by atoms with Crippen LogP contribution in [-0.4, -0.2) is 41.2 Å². The number of anilines is 1. The minimum absolute atomic E-state index is 0.0490. The fraction of sp³-hybridized carbons (Fsp3) is 0.500. The van der Waals surface area contributed by atoms with Crippen LogP contribution in [0.25, 0.3) is 11.1 Å². The molecule has 4 rings (SSSR count). The van der Waals surface area contributed by atoms with Crippen molar-refractivity contribution in [2.45, 2.75) is 46.6 Å². The standard InChI is InChI=1S/C24H31N5O3/c1-15-10-16(2)14-29(13-15)23-22-17(3)28-32-24(22)27-20(26-23)8-9-21(30)25-12-18-6-5-7-19(11-18)31-4/h5-7,11,15-16H,8-10,12-14H2,1-4H3,(H,25,30)/t15-,16-/m1/s1. The van der Waals surface area contributed by atoms with Gasteiger partial charge >= 0.3 is 0 Å². The monoisotopic (exact) mass is 437 g/mol. The Kier molecular flexibility index (Phi) is 6.58. The molecule has 32 heavy (non-hydrogen) atoms. The summed E-state index contributed by atoms with van der Waals surface area (Å²) in [5, 5.41) is 7.94. The lowest BCUT2D eigenvalue weighted by Gasteiger charge is -2.36. The molecule has 0 saturated carbocycles. The van der Waals surface area contributed by atoms with Gasteiger partial charge < -0.3 is 19.5 Å². The number of nitrogens with one attached hydrogen (secondary N) is 1. The zero-order valence-corrected chi connectivity index (χ0v) is 19.2. The summed E-state index contributed by atoms with van der Waals surface area (Å²) in [5.74, 6) is 3.39. The highest BCUT2D eigenvalue weighted by Crippen LogP contribution is 2.32. The first-order valence-electron chi connectivity index (χ1n) is 11.2. The van der Waals surface area contributed by atoms with E-state index in [4.69, 9.17) is 14.2 Å². The van der Waals surface area contributed by atoms with Crippen molar-refractivity contribution in [1.29, 1.82) is 0 Å². The summed E-state index contributed by atoms with van der Waals surface area (Å²) in [7, 11) is 1.63. The highest BCUT2D eigenvalue weighted by atomic mass is 16.5. The van der Waals surface area contributed by atoms with Gasteiger partial charge in [-0.15, -0.1) is 0 Å². The fourth-order valence-corrected chi connectivity index (χ4v) is 4.49. The number of hydrogen-bond acceptors (Lipinski definition) is 7. The maximum Gasteiger partial charge on any atom is 0.263 e. The van der Waals surface area contributed by atoms with Gasteiger partial charge in [0.2, 0.25) is 5.91 Å². The van der Waals surface area contributed by atoms with Crippen LogP contribution in [0.2, 0.25) is 0 Å². The van der Waals surface area contributed by atoms with E-state index in [0.717, 1.165) is 41.3 Å². The first-order chi connectivity index (χ1) is 15.4. The second-order valence-electron chi connectivity index (χ2n) is 8.89. The molecule has 3 heterocycles. The molecule has 170 valence electrons. The Balaban J connectivity index is 1.45. The molecule has 0 aliphatic carbocycles. The molecule has 1 aliphatic heterocycles. The number of amides is 1. The highest BCUT2D eigenvalue weighted by molar-refractivity contribution is 5.88. The first-order valence-corrected chi connectivity index (χ1v) is 11.2. The van der Waals surface area contributed by atoms with Crippen molar-refractivity contribution < 1.29 is 14.1 Å². The van der Waals surface area contributed by atoms with Gasteiger partial charge in [0.15, 0.2) is 0 Å². The molecule has 2 atom stereocenters. The lowest BCUT2D eigenvalue weighted by molar-refractivity contribution is -0.121. The number of hydrogen-bond donors (Lipinski definition) is 1. The molecule has 0 spiro atoms. The Morgan fingerprint density at radius 3 is 2.78 bits per heavy atom. The summed E-state index contributed by atoms with van der Waals surface area (Å²) in [6.07, 6.45) is 1.95. The second kappa shape index (κ2) is 9.54. The average molecular weight is 438 g/mol. The van der Waals surface area contributed by atoms with Gasteiger partial charge in [0.05, 0.1) is 12.8 Å². The molecule has 0 bridgehead atoms. The number of ether oxygens (including phenoxy) is 1. The Morgan fingerprint density at radius 1 is 1.25 bits per heavy atom. The van der Waals surface area contributed by atoms with E-state index in [0.29, 0.717) is 42.8 Å². The van der Waals surface area contributed by atoms with Crippen LogP contribution in [0.1, 0.15) is 43.8 Å². The van der Waals surface area contributed by atoms with Crippen molar-refractivity contribution in [2.75, 3.05) is 25.1 Å². The maximum absolute atomic E-state index is 12.4. The number of aromatic nitrogens is 3. The number of nitrogens with zero attached hydrogens (tertiary/aromatic N) is 4. The van der Waals surface area contributed by atoms with Crippen LogP contribution in [0.3, 0.4) is 0 Å². The molecule has 1 amide bonds. The number of fused-ring (bicyclic) bond motifs is 1. The van der Waals surface area contributed by atoms with Crippen LogP contribution in [0.5, 0.6) is 5.75 Å². The van der Waals surface area contributed by atoms with Gasteiger partial charge in [-0.2, -0.15) is 4.98 Å². The molecule has 3 aromatic rings. The van der Waals surface area contributed by atoms with E-state index in [1.807, 2.05) is 31.2 Å². The van der Waals surface area contributed by atoms with Gasteiger partial charge in [-0.05, 0) is 42.9 Å². The Morgan fingerprint density at radius 2 is 2.03 bits per heavy atom. The number of rotatable bonds is 7. The summed E-state index contributed by atoms with van der Waals surface area (Å²) in [6.45, 7) is 8.81. The molecule has 1 aliphatic rings. The Labute approximate surface area is 188 Å². The molecule has 8 nitrogen and oxygen atoms in total. The van der Waals surface area contributed by atoms with Gasteiger partial charge in [-0.25, -0.2) is 4.98 Å². The van der Waals surface area contributed by atoms with Crippen LogP contribution >= 0.6 is 0 Å². The van der Waals surface area contributed by atoms with Crippen molar-refractivity contribution in [3.8, 4) is 5.75 Å². The van der Waals surface area contributed by atoms with E-state index < -0.39 is 0 Å². The number of carbonyl (C=O) groups excluding carboxylic acids is 1. The Hall–Kier alpha value is -3.16. The predicted molar refractivity (Wildman–Crippen MR) is 123 cm³/mol. The van der Waals surface area contributed by atoms with Crippen molar-refractivity contribution in [1.82, 2.24) is 20.4 Å². The van der Waals surface area contributed by atoms with Gasteiger partial charge in [-0.1, -0.05) is 31.1 Å². The zero-order chi connectivity index (χ0) is 22.7. The van der Waals surface area contributed by atoms with E-state index in [2.05, 4.69) is 34.2 Å². The minimum Gasteiger partial charge on any atom is -0.497 e. The predicted octanol–water partition coefficient (Wildman–Crippen LogP) is 3.67. The van der Waals surface area contributed by atoms with Crippen LogP contribution in [-0.2, 0) is 17.8 Å². The van der Waals surface area contributed by atoms with Gasteiger partial charge in [0.1, 0.15) is 22.8 Å². The third-order valence-corrected chi connectivity index (χ3v) is 5.90. The van der Waals surface area contributed by atoms with Crippen molar-refractivity contribution in [3.05, 3.63) is 41.3 Å². The lowest BCUT2D eigenvalue weighted by Crippen LogP contribution is -2.39. The van der Waals surface area contributed by atoms with Crippen molar-refractivity contribution >= 4 is 22.8 Å². The van der Waals surface area contributed by atoms with Crippen LogP contribution < -0.4 is 15.0 Å². The van der Waals surface area contributed by atoms with E-state index in [9.17, 15) is 4.79 Å². The molecular weight excluding hydrogens is 406 g/mol. The normalized spacial score (nSPS) is 18.7. The summed E-state index contributed by atoms with van der Waals surface area (Å²) in [5.41, 5.74) is 2.27. The van der Waals surface area contributed by atoms with Crippen LogP contribution in [0, 0.1) is 18.8 Å². The second-order valence-corrected chi connectivity index (χ2v) is 8.89. The largest absolute Gasteiger partial charge is 0.497 e. The highest BCUT2D eigenvalue weighted by Gasteiger charge is 2.27. The van der Waals surface area contributed by atoms with Gasteiger partial charge in [0.25, 0.3) is 5.71 Å². The molecule has 1 aromatic carbocycles. The number of carbonyl (C=O) groups is 1. The molecule has 8 heteroatoms. The first kappa shape index (κ1) is 22.0. The summed E-state index contributed by atoms with van der Waals surface area (Å²) in [4.78, 5) is 24.2. The molecule has 2 aromatic heterocycles. The molecule has 0 radical (unpaired) electrons. The van der Waals surface area contributed by atoms with E-state index >= 15 is 0 Å². The Bertz CT molecular complexity index is 1090. The topological polar surface area (TPSA) is 93.4 Å². The SMILES string of the molecule is COc1cccc(CNC(=O)CCc2nc(N3C[C@H](C)C[C@@H](C)C3)c3c(C)noc3n2)c1. The zero-order valence-electron chi connectivity index (χ0n) is 19.2. The van der Waals surface area contributed by atoms with Gasteiger partial charge in [0, 0.05) is 32.5 Å². The maximum atomic E-state index is 12.4. The molecule has 0 unspecified atom stereocenters. The van der Waals surface area contributed by atoms with Crippen LogP contribution in [0.15, 0.2) is 28.8 Å². The molecule has 1 saturated heterocycles. The molecule has 1 fully saturated rings. The fourth-order valence-electron chi connectivity index (χ4n) is 4.49. The smallest absolute Gasteiger partial charge is 0.263 e. The number of aryl methyl sites for hydroxylation is 2. The van der Waals surface area contributed by atoms with E-state index in [1.54, 1.807) is 7.11 Å². The quantitative estimate of drug-likeness (QED) is 0.603. The number of methoxy groups -OCH3 is 1. The molecule has 1 N–H and O–H groups in total. The third-order valence-electron chi connectivity index (χ3n) is 5.90.